The highest BCUT2D eigenvalue weighted by molar-refractivity contribution is 14.1. The largest absolute Gasteiger partial charge is 0.490 e. The Kier molecular flexibility index (Phi) is 9.85. The number of carbonyl (C=O) groups is 1. The molecule has 0 N–H and O–H groups in total. The smallest absolute Gasteiger partial charge is 0.338 e. The van der Waals surface area contributed by atoms with Gasteiger partial charge in [0.1, 0.15) is 0 Å². The third-order valence-corrected chi connectivity index (χ3v) is 8.89. The summed E-state index contributed by atoms with van der Waals surface area (Å²) in [5.41, 5.74) is 1.68. The average molecular weight is 771 g/mol. The Bertz CT molecular complexity index is 2140. The quantitative estimate of drug-likeness (QED) is 0.0849. The topological polar surface area (TPSA) is 165 Å². The molecule has 13 nitrogen and oxygen atoms in total. The summed E-state index contributed by atoms with van der Waals surface area (Å²) in [4.78, 5) is 53.5. The lowest BCUT2D eigenvalue weighted by Crippen LogP contribution is -2.39. The molecule has 4 aromatic rings. The molecular weight excluding hydrogens is 743 g/mol. The van der Waals surface area contributed by atoms with Gasteiger partial charge in [0.05, 0.1) is 54.5 Å². The van der Waals surface area contributed by atoms with Gasteiger partial charge in [-0.3, -0.25) is 29.6 Å². The minimum atomic E-state index is -0.761. The van der Waals surface area contributed by atoms with E-state index in [2.05, 4.69) is 4.99 Å². The summed E-state index contributed by atoms with van der Waals surface area (Å²) in [5.74, 6) is -0.348. The van der Waals surface area contributed by atoms with Crippen LogP contribution in [0, 0.1) is 30.7 Å². The highest BCUT2D eigenvalue weighted by atomic mass is 127. The van der Waals surface area contributed by atoms with Crippen LogP contribution < -0.4 is 24.4 Å². The number of hydrogen-bond donors (Lipinski definition) is 0. The van der Waals surface area contributed by atoms with Gasteiger partial charge in [-0.15, -0.1) is 0 Å². The van der Waals surface area contributed by atoms with E-state index >= 15 is 0 Å². The second-order valence-electron chi connectivity index (χ2n) is 10.2. The monoisotopic (exact) mass is 770 g/mol. The van der Waals surface area contributed by atoms with Crippen molar-refractivity contribution in [2.45, 2.75) is 33.7 Å². The van der Waals surface area contributed by atoms with E-state index in [-0.39, 0.29) is 41.6 Å². The number of nitro groups is 2. The van der Waals surface area contributed by atoms with Crippen molar-refractivity contribution in [1.82, 2.24) is 4.57 Å². The van der Waals surface area contributed by atoms with Crippen molar-refractivity contribution in [1.29, 1.82) is 0 Å². The molecule has 47 heavy (non-hydrogen) atoms. The van der Waals surface area contributed by atoms with E-state index in [0.717, 1.165) is 29.3 Å². The number of thiazole rings is 1. The number of rotatable bonds is 10. The van der Waals surface area contributed by atoms with Crippen LogP contribution in [-0.2, 0) is 9.53 Å². The van der Waals surface area contributed by atoms with Crippen LogP contribution >= 0.6 is 33.9 Å². The van der Waals surface area contributed by atoms with Gasteiger partial charge in [-0.05, 0) is 85.7 Å². The van der Waals surface area contributed by atoms with Crippen molar-refractivity contribution in [3.05, 3.63) is 126 Å². The molecule has 0 saturated heterocycles. The minimum absolute atomic E-state index is 0.164. The maximum Gasteiger partial charge on any atom is 0.338 e. The molecule has 3 aromatic carbocycles. The van der Waals surface area contributed by atoms with Crippen molar-refractivity contribution < 1.29 is 28.9 Å². The zero-order chi connectivity index (χ0) is 34.0. The maximum atomic E-state index is 14.0. The number of aromatic nitrogens is 1. The number of nitrogens with zero attached hydrogens (tertiary/aromatic N) is 4. The Labute approximate surface area is 284 Å². The fourth-order valence-electron chi connectivity index (χ4n) is 5.00. The average Bonchev–Trinajstić information content (AvgIpc) is 3.32. The van der Waals surface area contributed by atoms with Gasteiger partial charge in [-0.1, -0.05) is 41.2 Å². The van der Waals surface area contributed by atoms with Crippen molar-refractivity contribution in [3.8, 4) is 17.2 Å². The van der Waals surface area contributed by atoms with E-state index in [4.69, 9.17) is 14.2 Å². The highest BCUT2D eigenvalue weighted by Crippen LogP contribution is 2.41. The summed E-state index contributed by atoms with van der Waals surface area (Å²) < 4.78 is 19.4. The first-order valence-electron chi connectivity index (χ1n) is 14.3. The molecule has 0 aliphatic carbocycles. The molecule has 242 valence electrons. The number of non-ortho nitro benzene ring substituents is 1. The Hall–Kier alpha value is -4.90. The molecule has 0 radical (unpaired) electrons. The van der Waals surface area contributed by atoms with Crippen LogP contribution in [0.15, 0.2) is 75.7 Å². The summed E-state index contributed by atoms with van der Waals surface area (Å²) in [5, 5.41) is 22.9. The Morgan fingerprint density at radius 1 is 1.02 bits per heavy atom. The number of halogens is 1. The van der Waals surface area contributed by atoms with Gasteiger partial charge >= 0.3 is 11.7 Å². The number of hydrogen-bond acceptors (Lipinski definition) is 11. The number of aryl methyl sites for hydroxylation is 1. The number of carbonyl (C=O) groups excluding carboxylic acids is 1. The number of ether oxygens (including phenoxy) is 3. The van der Waals surface area contributed by atoms with E-state index < -0.39 is 33.2 Å². The van der Waals surface area contributed by atoms with E-state index in [1.54, 1.807) is 39.0 Å². The minimum Gasteiger partial charge on any atom is -0.490 e. The summed E-state index contributed by atoms with van der Waals surface area (Å²) in [7, 11) is 0. The van der Waals surface area contributed by atoms with Gasteiger partial charge in [-0.2, -0.15) is 0 Å². The molecule has 1 aliphatic rings. The Morgan fingerprint density at radius 3 is 2.38 bits per heavy atom. The van der Waals surface area contributed by atoms with Gasteiger partial charge in [0.15, 0.2) is 16.3 Å². The molecule has 1 atom stereocenters. The first kappa shape index (κ1) is 33.5. The lowest BCUT2D eigenvalue weighted by atomic mass is 9.95. The zero-order valence-electron chi connectivity index (χ0n) is 25.5. The van der Waals surface area contributed by atoms with Gasteiger partial charge in [-0.25, -0.2) is 9.79 Å². The molecule has 15 heteroatoms. The molecule has 0 amide bonds. The van der Waals surface area contributed by atoms with E-state index in [1.165, 1.54) is 15.9 Å². The SMILES string of the molecule is CCOC(=O)C1=C(C)N=c2s/c(=C\c3cc(I)c(Oc4ccc([N+](=O)[O-])cc4[N+](=O)[O-])c(OCC)c3)c(=O)n2[C@@H]1c1ccc(C)cc1. The summed E-state index contributed by atoms with van der Waals surface area (Å²) in [6, 6.07) is 13.3. The predicted octanol–water partition coefficient (Wildman–Crippen LogP) is 5.72. The second kappa shape index (κ2) is 13.8. The molecule has 0 unspecified atom stereocenters. The molecule has 0 spiro atoms. The Morgan fingerprint density at radius 2 is 1.74 bits per heavy atom. The number of nitro benzene ring substituents is 2. The van der Waals surface area contributed by atoms with Crippen molar-refractivity contribution in [2.24, 2.45) is 4.99 Å². The van der Waals surface area contributed by atoms with Gasteiger partial charge in [0.2, 0.25) is 5.75 Å². The first-order chi connectivity index (χ1) is 22.4. The van der Waals surface area contributed by atoms with E-state index in [0.29, 0.717) is 24.2 Å². The van der Waals surface area contributed by atoms with E-state index in [9.17, 15) is 29.8 Å². The molecule has 2 heterocycles. The third-order valence-electron chi connectivity index (χ3n) is 7.10. The van der Waals surface area contributed by atoms with Crippen LogP contribution in [0.3, 0.4) is 0 Å². The number of benzene rings is 3. The first-order valence-corrected chi connectivity index (χ1v) is 16.2. The van der Waals surface area contributed by atoms with Crippen LogP contribution in [0.25, 0.3) is 6.08 Å². The summed E-state index contributed by atoms with van der Waals surface area (Å²) >= 11 is 3.15. The lowest BCUT2D eigenvalue weighted by Gasteiger charge is -2.24. The molecule has 5 rings (SSSR count). The normalized spacial score (nSPS) is 14.3. The molecule has 0 fully saturated rings. The summed E-state index contributed by atoms with van der Waals surface area (Å²) in [6.07, 6.45) is 1.67. The van der Waals surface area contributed by atoms with Gasteiger partial charge in [0, 0.05) is 6.07 Å². The van der Waals surface area contributed by atoms with Crippen molar-refractivity contribution in [2.75, 3.05) is 13.2 Å². The second-order valence-corrected chi connectivity index (χ2v) is 12.4. The Balaban J connectivity index is 1.62. The molecular formula is C32H27IN4O9S. The van der Waals surface area contributed by atoms with Crippen LogP contribution in [0.2, 0.25) is 0 Å². The molecule has 1 aliphatic heterocycles. The molecule has 0 bridgehead atoms. The van der Waals surface area contributed by atoms with Gasteiger partial charge in [0.25, 0.3) is 11.2 Å². The molecule has 1 aromatic heterocycles. The standard InChI is InChI=1S/C32H27IN4O9S/c1-5-44-25-14-19(13-22(33)29(25)46-24-12-11-21(36(40)41)16-23(24)37(42)43)15-26-30(38)35-28(20-9-7-17(3)8-10-20)27(31(39)45-6-2)18(4)34-32(35)47-26/h7-16,28H,5-6H2,1-4H3/b26-15-/t28-/m1/s1. The van der Waals surface area contributed by atoms with Crippen LogP contribution in [-0.4, -0.2) is 33.6 Å². The lowest BCUT2D eigenvalue weighted by molar-refractivity contribution is -0.394. The van der Waals surface area contributed by atoms with Gasteiger partial charge < -0.3 is 14.2 Å². The summed E-state index contributed by atoms with van der Waals surface area (Å²) in [6.45, 7) is 7.53. The van der Waals surface area contributed by atoms with Crippen molar-refractivity contribution >= 4 is 57.3 Å². The van der Waals surface area contributed by atoms with E-state index in [1.807, 2.05) is 53.8 Å². The van der Waals surface area contributed by atoms with Crippen molar-refractivity contribution in [3.63, 3.8) is 0 Å². The number of allylic oxidation sites excluding steroid dienone is 1. The fraction of sp³-hybridized carbons (Fsp3) is 0.219. The predicted molar refractivity (Wildman–Crippen MR) is 182 cm³/mol. The number of fused-ring (bicyclic) bond motifs is 1. The van der Waals surface area contributed by atoms with Crippen LogP contribution in [0.1, 0.15) is 43.5 Å². The van der Waals surface area contributed by atoms with Crippen LogP contribution in [0.5, 0.6) is 17.2 Å². The number of esters is 1. The maximum absolute atomic E-state index is 14.0. The molecule has 0 saturated carbocycles. The highest BCUT2D eigenvalue weighted by Gasteiger charge is 2.33. The third kappa shape index (κ3) is 6.80. The van der Waals surface area contributed by atoms with Crippen LogP contribution in [0.4, 0.5) is 11.4 Å². The fourth-order valence-corrected chi connectivity index (χ4v) is 6.78. The zero-order valence-corrected chi connectivity index (χ0v) is 28.5.